The van der Waals surface area contributed by atoms with E-state index in [1.165, 1.54) is 0 Å². The molecule has 1 aromatic carbocycles. The van der Waals surface area contributed by atoms with Gasteiger partial charge >= 0.3 is 5.97 Å². The molecule has 0 saturated heterocycles. The molecule has 0 aliphatic carbocycles. The van der Waals surface area contributed by atoms with Crippen LogP contribution in [0.4, 0.5) is 0 Å². The zero-order valence-electron chi connectivity index (χ0n) is 8.21. The van der Waals surface area contributed by atoms with Crippen molar-refractivity contribution in [3.8, 4) is 5.75 Å². The summed E-state index contributed by atoms with van der Waals surface area (Å²) in [6.07, 6.45) is 2.49. The van der Waals surface area contributed by atoms with E-state index in [0.29, 0.717) is 12.2 Å². The largest absolute Gasteiger partial charge is 0.425 e. The minimum Gasteiger partial charge on any atom is -0.425 e. The summed E-state index contributed by atoms with van der Waals surface area (Å²) < 4.78 is 7.30. The molecule has 0 unspecified atom stereocenters. The maximum Gasteiger partial charge on any atom is 0.311 e. The van der Waals surface area contributed by atoms with Crippen molar-refractivity contribution in [2.75, 3.05) is 4.43 Å². The van der Waals surface area contributed by atoms with E-state index < -0.39 is 0 Å². The summed E-state index contributed by atoms with van der Waals surface area (Å²) in [4.78, 5) is 11.4. The van der Waals surface area contributed by atoms with Crippen LogP contribution in [0.25, 0.3) is 0 Å². The monoisotopic (exact) mass is 430 g/mol. The van der Waals surface area contributed by atoms with E-state index in [1.54, 1.807) is 0 Å². The van der Waals surface area contributed by atoms with Gasteiger partial charge in [-0.2, -0.15) is 0 Å². The standard InChI is InChI=1S/C11H12I2O2/c12-8-4-3-7-11(14)15-10-6-2-1-5-9(10)13/h1-2,5-6H,3-4,7-8H2. The van der Waals surface area contributed by atoms with E-state index in [2.05, 4.69) is 45.2 Å². The Morgan fingerprint density at radius 3 is 2.67 bits per heavy atom. The van der Waals surface area contributed by atoms with Gasteiger partial charge in [0.05, 0.1) is 3.57 Å². The SMILES string of the molecule is O=C(CCCCI)Oc1ccccc1I. The third-order valence-corrected chi connectivity index (χ3v) is 3.48. The molecule has 0 aromatic heterocycles. The van der Waals surface area contributed by atoms with Crippen molar-refractivity contribution >= 4 is 51.2 Å². The van der Waals surface area contributed by atoms with Gasteiger partial charge in [-0.05, 0) is 52.0 Å². The Kier molecular flexibility index (Phi) is 6.54. The van der Waals surface area contributed by atoms with Crippen LogP contribution < -0.4 is 4.74 Å². The van der Waals surface area contributed by atoms with Gasteiger partial charge in [0.15, 0.2) is 0 Å². The number of unbranched alkanes of at least 4 members (excludes halogenated alkanes) is 1. The van der Waals surface area contributed by atoms with Crippen molar-refractivity contribution in [1.82, 2.24) is 0 Å². The zero-order valence-corrected chi connectivity index (χ0v) is 12.5. The van der Waals surface area contributed by atoms with Gasteiger partial charge < -0.3 is 4.74 Å². The Morgan fingerprint density at radius 1 is 1.27 bits per heavy atom. The van der Waals surface area contributed by atoms with Crippen LogP contribution in [0, 0.1) is 3.57 Å². The molecule has 2 nitrogen and oxygen atoms in total. The van der Waals surface area contributed by atoms with E-state index in [9.17, 15) is 4.79 Å². The number of ether oxygens (including phenoxy) is 1. The molecule has 0 saturated carbocycles. The lowest BCUT2D eigenvalue weighted by Gasteiger charge is -2.05. The molecule has 0 amide bonds. The van der Waals surface area contributed by atoms with Gasteiger partial charge in [-0.1, -0.05) is 34.7 Å². The number of rotatable bonds is 5. The topological polar surface area (TPSA) is 26.3 Å². The maximum absolute atomic E-state index is 11.4. The number of halogens is 2. The Hall–Kier alpha value is 0.150. The predicted octanol–water partition coefficient (Wildman–Crippen LogP) is 3.80. The van der Waals surface area contributed by atoms with Gasteiger partial charge in [-0.3, -0.25) is 4.79 Å². The number of esters is 1. The second-order valence-electron chi connectivity index (χ2n) is 3.05. The van der Waals surface area contributed by atoms with Crippen molar-refractivity contribution in [2.24, 2.45) is 0 Å². The predicted molar refractivity (Wildman–Crippen MR) is 77.5 cm³/mol. The van der Waals surface area contributed by atoms with Crippen molar-refractivity contribution < 1.29 is 9.53 Å². The quantitative estimate of drug-likeness (QED) is 0.234. The second kappa shape index (κ2) is 7.43. The Bertz CT molecular complexity index is 326. The van der Waals surface area contributed by atoms with E-state index in [4.69, 9.17) is 4.74 Å². The fourth-order valence-corrected chi connectivity index (χ4v) is 2.10. The molecule has 0 aliphatic rings. The molecular weight excluding hydrogens is 418 g/mol. The first-order chi connectivity index (χ1) is 7.24. The Labute approximate surface area is 117 Å². The maximum atomic E-state index is 11.4. The smallest absolute Gasteiger partial charge is 0.311 e. The molecule has 1 aromatic rings. The third-order valence-electron chi connectivity index (χ3n) is 1.82. The lowest BCUT2D eigenvalue weighted by Crippen LogP contribution is -2.08. The molecular formula is C11H12I2O2. The molecule has 0 aliphatic heterocycles. The second-order valence-corrected chi connectivity index (χ2v) is 5.29. The first-order valence-electron chi connectivity index (χ1n) is 4.75. The Morgan fingerprint density at radius 2 is 2.00 bits per heavy atom. The summed E-state index contributed by atoms with van der Waals surface area (Å²) in [7, 11) is 0. The van der Waals surface area contributed by atoms with Gasteiger partial charge in [-0.15, -0.1) is 0 Å². The van der Waals surface area contributed by atoms with Crippen molar-refractivity contribution in [3.63, 3.8) is 0 Å². The fourth-order valence-electron chi connectivity index (χ4n) is 1.07. The van der Waals surface area contributed by atoms with Gasteiger partial charge in [-0.25, -0.2) is 0 Å². The summed E-state index contributed by atoms with van der Waals surface area (Å²) in [6, 6.07) is 7.54. The van der Waals surface area contributed by atoms with Crippen molar-refractivity contribution in [3.05, 3.63) is 27.8 Å². The highest BCUT2D eigenvalue weighted by molar-refractivity contribution is 14.1. The number of benzene rings is 1. The fraction of sp³-hybridized carbons (Fsp3) is 0.364. The highest BCUT2D eigenvalue weighted by Crippen LogP contribution is 2.20. The van der Waals surface area contributed by atoms with Crippen LogP contribution >= 0.6 is 45.2 Å². The highest BCUT2D eigenvalue weighted by atomic mass is 127. The molecule has 0 atom stereocenters. The van der Waals surface area contributed by atoms with E-state index >= 15 is 0 Å². The number of carbonyl (C=O) groups excluding carboxylic acids is 1. The van der Waals surface area contributed by atoms with Gasteiger partial charge in [0, 0.05) is 6.42 Å². The molecule has 0 heterocycles. The lowest BCUT2D eigenvalue weighted by molar-refractivity contribution is -0.134. The first-order valence-corrected chi connectivity index (χ1v) is 7.35. The number of para-hydroxylation sites is 1. The van der Waals surface area contributed by atoms with Crippen molar-refractivity contribution in [2.45, 2.75) is 19.3 Å². The van der Waals surface area contributed by atoms with E-state index in [-0.39, 0.29) is 5.97 Å². The molecule has 0 fully saturated rings. The highest BCUT2D eigenvalue weighted by Gasteiger charge is 2.06. The number of hydrogen-bond donors (Lipinski definition) is 0. The molecule has 82 valence electrons. The molecule has 0 N–H and O–H groups in total. The molecule has 15 heavy (non-hydrogen) atoms. The van der Waals surface area contributed by atoms with Crippen LogP contribution in [0.1, 0.15) is 19.3 Å². The molecule has 1 rings (SSSR count). The van der Waals surface area contributed by atoms with Crippen LogP contribution in [0.5, 0.6) is 5.75 Å². The van der Waals surface area contributed by atoms with Gasteiger partial charge in [0.25, 0.3) is 0 Å². The number of hydrogen-bond acceptors (Lipinski definition) is 2. The van der Waals surface area contributed by atoms with E-state index in [0.717, 1.165) is 20.8 Å². The minimum absolute atomic E-state index is 0.135. The van der Waals surface area contributed by atoms with Crippen LogP contribution in [0.3, 0.4) is 0 Å². The zero-order chi connectivity index (χ0) is 11.1. The van der Waals surface area contributed by atoms with Gasteiger partial charge in [0.1, 0.15) is 5.75 Å². The first kappa shape index (κ1) is 13.2. The van der Waals surface area contributed by atoms with Crippen molar-refractivity contribution in [1.29, 1.82) is 0 Å². The van der Waals surface area contributed by atoms with Crippen LogP contribution in [0.15, 0.2) is 24.3 Å². The molecule has 0 spiro atoms. The normalized spacial score (nSPS) is 10.0. The number of carbonyl (C=O) groups is 1. The summed E-state index contributed by atoms with van der Waals surface area (Å²) in [6.45, 7) is 0. The third kappa shape index (κ3) is 5.14. The summed E-state index contributed by atoms with van der Waals surface area (Å²) >= 11 is 4.47. The van der Waals surface area contributed by atoms with Crippen LogP contribution in [-0.4, -0.2) is 10.4 Å². The summed E-state index contributed by atoms with van der Waals surface area (Å²) in [5, 5.41) is 0. The summed E-state index contributed by atoms with van der Waals surface area (Å²) in [5.41, 5.74) is 0. The lowest BCUT2D eigenvalue weighted by atomic mass is 10.2. The Balaban J connectivity index is 2.41. The van der Waals surface area contributed by atoms with E-state index in [1.807, 2.05) is 24.3 Å². The molecule has 0 bridgehead atoms. The van der Waals surface area contributed by atoms with Crippen LogP contribution in [-0.2, 0) is 4.79 Å². The molecule has 0 radical (unpaired) electrons. The van der Waals surface area contributed by atoms with Gasteiger partial charge in [0.2, 0.25) is 0 Å². The summed E-state index contributed by atoms with van der Waals surface area (Å²) in [5.74, 6) is 0.529. The average Bonchev–Trinajstić information content (AvgIpc) is 2.22. The molecule has 4 heteroatoms. The van der Waals surface area contributed by atoms with Crippen LogP contribution in [0.2, 0.25) is 0 Å². The minimum atomic E-state index is -0.135. The number of alkyl halides is 1. The average molecular weight is 430 g/mol.